The van der Waals surface area contributed by atoms with Crippen LogP contribution in [-0.4, -0.2) is 35.3 Å². The molecule has 5 nitrogen and oxygen atoms in total. The maximum absolute atomic E-state index is 12.3. The van der Waals surface area contributed by atoms with Crippen molar-refractivity contribution in [2.45, 2.75) is 25.7 Å². The number of likely N-dealkylation sites (N-methyl/N-ethyl adjacent to an activating group) is 1. The van der Waals surface area contributed by atoms with Crippen LogP contribution in [0.1, 0.15) is 12.6 Å². The van der Waals surface area contributed by atoms with Gasteiger partial charge in [-0.1, -0.05) is 0 Å². The largest absolute Gasteiger partial charge is 0.435 e. The lowest BCUT2D eigenvalue weighted by molar-refractivity contribution is -0.141. The number of alkyl halides is 3. The molecule has 0 saturated heterocycles. The van der Waals surface area contributed by atoms with E-state index in [9.17, 15) is 18.0 Å². The third-order valence-corrected chi connectivity index (χ3v) is 2.33. The average molecular weight is 301 g/mol. The summed E-state index contributed by atoms with van der Waals surface area (Å²) in [6.45, 7) is 2.05. The molecule has 0 spiro atoms. The zero-order valence-corrected chi connectivity index (χ0v) is 11.3. The molecule has 1 aromatic heterocycles. The average Bonchev–Trinajstić information content (AvgIpc) is 2.74. The Balaban J connectivity index is 0.00000324. The predicted octanol–water partition coefficient (Wildman–Crippen LogP) is 1.05. The Morgan fingerprint density at radius 2 is 2.16 bits per heavy atom. The highest BCUT2D eigenvalue weighted by atomic mass is 35.5. The maximum atomic E-state index is 12.3. The highest BCUT2D eigenvalue weighted by molar-refractivity contribution is 5.85. The second-order valence-corrected chi connectivity index (χ2v) is 3.89. The summed E-state index contributed by atoms with van der Waals surface area (Å²) in [5.41, 5.74) is -1.00. The van der Waals surface area contributed by atoms with E-state index in [1.54, 1.807) is 7.05 Å². The van der Waals surface area contributed by atoms with Crippen LogP contribution in [0.2, 0.25) is 0 Å². The molecule has 19 heavy (non-hydrogen) atoms. The normalized spacial score (nSPS) is 12.7. The first-order valence-electron chi connectivity index (χ1n) is 5.37. The van der Waals surface area contributed by atoms with Crippen LogP contribution >= 0.6 is 12.4 Å². The van der Waals surface area contributed by atoms with Crippen LogP contribution in [0.5, 0.6) is 0 Å². The van der Waals surface area contributed by atoms with Gasteiger partial charge in [0.15, 0.2) is 5.69 Å². The first-order valence-corrected chi connectivity index (χ1v) is 5.37. The molecule has 1 aromatic rings. The Morgan fingerprint density at radius 1 is 1.53 bits per heavy atom. The first kappa shape index (κ1) is 17.7. The van der Waals surface area contributed by atoms with Crippen LogP contribution in [0.3, 0.4) is 0 Å². The van der Waals surface area contributed by atoms with E-state index < -0.39 is 11.9 Å². The number of amides is 1. The molecule has 0 fully saturated rings. The molecule has 1 heterocycles. The van der Waals surface area contributed by atoms with Crippen LogP contribution in [0, 0.1) is 0 Å². The van der Waals surface area contributed by atoms with Crippen LogP contribution in [-0.2, 0) is 17.5 Å². The van der Waals surface area contributed by atoms with E-state index >= 15 is 0 Å². The Kier molecular flexibility index (Phi) is 6.85. The van der Waals surface area contributed by atoms with Gasteiger partial charge in [0.25, 0.3) is 0 Å². The second-order valence-electron chi connectivity index (χ2n) is 3.89. The van der Waals surface area contributed by atoms with Gasteiger partial charge in [-0.3, -0.25) is 9.48 Å². The predicted molar refractivity (Wildman–Crippen MR) is 66.0 cm³/mol. The molecule has 1 rings (SSSR count). The van der Waals surface area contributed by atoms with Gasteiger partial charge in [-0.2, -0.15) is 18.3 Å². The van der Waals surface area contributed by atoms with Crippen molar-refractivity contribution >= 4 is 18.3 Å². The summed E-state index contributed by atoms with van der Waals surface area (Å²) in [5.74, 6) is -0.381. The topological polar surface area (TPSA) is 58.9 Å². The third-order valence-electron chi connectivity index (χ3n) is 2.33. The number of carbonyl (C=O) groups is 1. The van der Waals surface area contributed by atoms with Crippen molar-refractivity contribution in [1.82, 2.24) is 20.4 Å². The van der Waals surface area contributed by atoms with E-state index in [0.717, 1.165) is 16.9 Å². The number of carbonyl (C=O) groups excluding carboxylic acids is 1. The smallest absolute Gasteiger partial charge is 0.353 e. The summed E-state index contributed by atoms with van der Waals surface area (Å²) in [6.07, 6.45) is -3.35. The molecular formula is C10H16ClF3N4O. The minimum Gasteiger partial charge on any atom is -0.353 e. The molecule has 1 atom stereocenters. The highest BCUT2D eigenvalue weighted by Crippen LogP contribution is 2.27. The summed E-state index contributed by atoms with van der Waals surface area (Å²) in [5, 5.41) is 8.79. The van der Waals surface area contributed by atoms with Gasteiger partial charge in [-0.05, 0) is 20.0 Å². The van der Waals surface area contributed by atoms with E-state index in [2.05, 4.69) is 15.7 Å². The lowest BCUT2D eigenvalue weighted by Crippen LogP contribution is -2.38. The Morgan fingerprint density at radius 3 is 2.63 bits per heavy atom. The van der Waals surface area contributed by atoms with Gasteiger partial charge in [0.2, 0.25) is 5.91 Å². The van der Waals surface area contributed by atoms with Gasteiger partial charge >= 0.3 is 6.18 Å². The molecule has 1 unspecified atom stereocenters. The van der Waals surface area contributed by atoms with Gasteiger partial charge < -0.3 is 10.6 Å². The quantitative estimate of drug-likeness (QED) is 0.854. The number of hydrogen-bond donors (Lipinski definition) is 2. The molecule has 0 bridgehead atoms. The summed E-state index contributed by atoms with van der Waals surface area (Å²) in [6, 6.07) is 0.932. The van der Waals surface area contributed by atoms with Crippen LogP contribution in [0.4, 0.5) is 13.2 Å². The number of nitrogens with one attached hydrogen (secondary N) is 2. The molecule has 0 saturated carbocycles. The SMILES string of the molecule is CNC(C)CNC(=O)Cn1ccc(C(F)(F)F)n1.Cl. The number of hydrogen-bond acceptors (Lipinski definition) is 3. The van der Waals surface area contributed by atoms with Crippen LogP contribution in [0.25, 0.3) is 0 Å². The summed E-state index contributed by atoms with van der Waals surface area (Å²) in [4.78, 5) is 11.4. The fraction of sp³-hybridized carbons (Fsp3) is 0.600. The van der Waals surface area contributed by atoms with Crippen molar-refractivity contribution < 1.29 is 18.0 Å². The minimum absolute atomic E-state index is 0. The summed E-state index contributed by atoms with van der Waals surface area (Å²) < 4.78 is 37.7. The highest BCUT2D eigenvalue weighted by Gasteiger charge is 2.33. The van der Waals surface area contributed by atoms with Crippen molar-refractivity contribution in [2.24, 2.45) is 0 Å². The fourth-order valence-corrected chi connectivity index (χ4v) is 1.17. The van der Waals surface area contributed by atoms with E-state index in [4.69, 9.17) is 0 Å². The zero-order valence-electron chi connectivity index (χ0n) is 10.5. The molecule has 0 aliphatic rings. The molecule has 0 aromatic carbocycles. The molecule has 1 amide bonds. The molecule has 110 valence electrons. The monoisotopic (exact) mass is 300 g/mol. The van der Waals surface area contributed by atoms with Gasteiger partial charge in [0, 0.05) is 18.8 Å². The molecular weight excluding hydrogens is 285 g/mol. The van der Waals surface area contributed by atoms with Crippen molar-refractivity contribution in [3.63, 3.8) is 0 Å². The molecule has 2 N–H and O–H groups in total. The molecule has 9 heteroatoms. The summed E-state index contributed by atoms with van der Waals surface area (Å²) in [7, 11) is 1.75. The minimum atomic E-state index is -4.48. The number of halogens is 4. The third kappa shape index (κ3) is 5.93. The number of aromatic nitrogens is 2. The first-order chi connectivity index (χ1) is 8.32. The van der Waals surface area contributed by atoms with Crippen molar-refractivity contribution in [3.8, 4) is 0 Å². The fourth-order valence-electron chi connectivity index (χ4n) is 1.17. The maximum Gasteiger partial charge on any atom is 0.435 e. The van der Waals surface area contributed by atoms with Gasteiger partial charge in [0.05, 0.1) is 0 Å². The molecule has 0 radical (unpaired) electrons. The number of nitrogens with zero attached hydrogens (tertiary/aromatic N) is 2. The van der Waals surface area contributed by atoms with Crippen LogP contribution < -0.4 is 10.6 Å². The Bertz CT molecular complexity index is 408. The second kappa shape index (κ2) is 7.34. The molecule has 0 aliphatic heterocycles. The van der Waals surface area contributed by atoms with Gasteiger partial charge in [-0.15, -0.1) is 12.4 Å². The van der Waals surface area contributed by atoms with Crippen molar-refractivity contribution in [3.05, 3.63) is 18.0 Å². The van der Waals surface area contributed by atoms with Gasteiger partial charge in [0.1, 0.15) is 6.54 Å². The van der Waals surface area contributed by atoms with E-state index in [0.29, 0.717) is 6.54 Å². The Hall–Kier alpha value is -1.28. The molecule has 0 aliphatic carbocycles. The van der Waals surface area contributed by atoms with E-state index in [-0.39, 0.29) is 30.9 Å². The van der Waals surface area contributed by atoms with Gasteiger partial charge in [-0.25, -0.2) is 0 Å². The summed E-state index contributed by atoms with van der Waals surface area (Å²) >= 11 is 0. The number of rotatable bonds is 5. The van der Waals surface area contributed by atoms with E-state index in [1.165, 1.54) is 0 Å². The van der Waals surface area contributed by atoms with Crippen molar-refractivity contribution in [2.75, 3.05) is 13.6 Å². The zero-order chi connectivity index (χ0) is 13.8. The van der Waals surface area contributed by atoms with Crippen LogP contribution in [0.15, 0.2) is 12.3 Å². The lowest BCUT2D eigenvalue weighted by Gasteiger charge is -2.11. The van der Waals surface area contributed by atoms with Crippen molar-refractivity contribution in [1.29, 1.82) is 0 Å². The van der Waals surface area contributed by atoms with E-state index in [1.807, 2.05) is 6.92 Å². The Labute approximate surface area is 115 Å². The lowest BCUT2D eigenvalue weighted by atomic mass is 10.3. The standard InChI is InChI=1S/C10H15F3N4O.ClH/c1-7(14-2)5-15-9(18)6-17-4-3-8(16-17)10(11,12)13;/h3-4,7,14H,5-6H2,1-2H3,(H,15,18);1H.